The van der Waals surface area contributed by atoms with Gasteiger partial charge in [-0.25, -0.2) is 0 Å². The summed E-state index contributed by atoms with van der Waals surface area (Å²) in [5.41, 5.74) is 2.24. The smallest absolute Gasteiger partial charge is 0.276 e. The van der Waals surface area contributed by atoms with Crippen molar-refractivity contribution in [3.63, 3.8) is 0 Å². The van der Waals surface area contributed by atoms with Crippen LogP contribution < -0.4 is 9.47 Å². The van der Waals surface area contributed by atoms with Crippen LogP contribution >= 0.6 is 0 Å². The second kappa shape index (κ2) is 8.35. The number of ether oxygens (including phenoxy) is 2. The first-order valence-electron chi connectivity index (χ1n) is 8.44. The molecule has 0 radical (unpaired) electrons. The number of hydrogen-bond acceptors (Lipinski definition) is 6. The third-order valence-corrected chi connectivity index (χ3v) is 3.96. The summed E-state index contributed by atoms with van der Waals surface area (Å²) in [6, 6.07) is 11.0. The SMILES string of the molecule is COc1cc(C)ccc1OCc1cc(C(=O)N(C)Cc2cccnc2)no1. The fourth-order valence-electron chi connectivity index (χ4n) is 2.56. The Morgan fingerprint density at radius 1 is 1.22 bits per heavy atom. The molecule has 140 valence electrons. The van der Waals surface area contributed by atoms with Gasteiger partial charge in [0.15, 0.2) is 23.0 Å². The monoisotopic (exact) mass is 367 g/mol. The molecule has 7 heteroatoms. The zero-order valence-corrected chi connectivity index (χ0v) is 15.5. The van der Waals surface area contributed by atoms with Gasteiger partial charge < -0.3 is 18.9 Å². The normalized spacial score (nSPS) is 10.5. The molecule has 0 unspecified atom stereocenters. The van der Waals surface area contributed by atoms with Crippen molar-refractivity contribution in [2.24, 2.45) is 0 Å². The third kappa shape index (κ3) is 4.63. The molecule has 0 aliphatic heterocycles. The summed E-state index contributed by atoms with van der Waals surface area (Å²) in [5, 5.41) is 3.85. The van der Waals surface area contributed by atoms with Gasteiger partial charge in [-0.15, -0.1) is 0 Å². The van der Waals surface area contributed by atoms with Crippen molar-refractivity contribution in [1.29, 1.82) is 0 Å². The van der Waals surface area contributed by atoms with E-state index in [0.717, 1.165) is 11.1 Å². The van der Waals surface area contributed by atoms with Crippen LogP contribution in [0.1, 0.15) is 27.4 Å². The van der Waals surface area contributed by atoms with Crippen molar-refractivity contribution in [3.8, 4) is 11.5 Å². The lowest BCUT2D eigenvalue weighted by molar-refractivity contribution is 0.0774. The Kier molecular flexibility index (Phi) is 5.71. The summed E-state index contributed by atoms with van der Waals surface area (Å²) in [6.45, 7) is 2.56. The number of methoxy groups -OCH3 is 1. The van der Waals surface area contributed by atoms with Gasteiger partial charge in [0.25, 0.3) is 5.91 Å². The predicted molar refractivity (Wildman–Crippen MR) is 98.6 cm³/mol. The van der Waals surface area contributed by atoms with Gasteiger partial charge in [0, 0.05) is 32.1 Å². The maximum atomic E-state index is 12.5. The lowest BCUT2D eigenvalue weighted by atomic mass is 10.2. The Balaban J connectivity index is 1.62. The van der Waals surface area contributed by atoms with Crippen LogP contribution in [0.15, 0.2) is 53.3 Å². The minimum absolute atomic E-state index is 0.145. The topological polar surface area (TPSA) is 77.7 Å². The Morgan fingerprint density at radius 3 is 2.81 bits per heavy atom. The number of pyridine rings is 1. The van der Waals surface area contributed by atoms with Crippen LogP contribution in [0.5, 0.6) is 11.5 Å². The van der Waals surface area contributed by atoms with Gasteiger partial charge >= 0.3 is 0 Å². The summed E-state index contributed by atoms with van der Waals surface area (Å²) in [6.07, 6.45) is 3.42. The summed E-state index contributed by atoms with van der Waals surface area (Å²) in [4.78, 5) is 18.1. The number of amides is 1. The molecule has 2 heterocycles. The van der Waals surface area contributed by atoms with Crippen LogP contribution in [0.3, 0.4) is 0 Å². The second-order valence-electron chi connectivity index (χ2n) is 6.14. The average molecular weight is 367 g/mol. The Morgan fingerprint density at radius 2 is 2.07 bits per heavy atom. The fourth-order valence-corrected chi connectivity index (χ4v) is 2.56. The molecular weight excluding hydrogens is 346 g/mol. The molecule has 0 atom stereocenters. The van der Waals surface area contributed by atoms with Crippen molar-refractivity contribution in [2.75, 3.05) is 14.2 Å². The van der Waals surface area contributed by atoms with Crippen molar-refractivity contribution >= 4 is 5.91 Å². The molecule has 0 fully saturated rings. The third-order valence-electron chi connectivity index (χ3n) is 3.96. The zero-order chi connectivity index (χ0) is 19.2. The van der Waals surface area contributed by atoms with Crippen LogP contribution in [0.2, 0.25) is 0 Å². The zero-order valence-electron chi connectivity index (χ0n) is 15.5. The first kappa shape index (κ1) is 18.4. The van der Waals surface area contributed by atoms with E-state index < -0.39 is 0 Å². The van der Waals surface area contributed by atoms with Crippen LogP contribution in [0.25, 0.3) is 0 Å². The minimum atomic E-state index is -0.234. The summed E-state index contributed by atoms with van der Waals surface area (Å²) in [5.74, 6) is 1.46. The molecule has 2 aromatic heterocycles. The molecule has 1 aromatic carbocycles. The standard InChI is InChI=1S/C20H21N3O4/c1-14-6-7-18(19(9-14)25-3)26-13-16-10-17(22-27-16)20(24)23(2)12-15-5-4-8-21-11-15/h4-11H,12-13H2,1-3H3. The van der Waals surface area contributed by atoms with Gasteiger partial charge in [0.2, 0.25) is 0 Å². The van der Waals surface area contributed by atoms with Crippen molar-refractivity contribution in [2.45, 2.75) is 20.1 Å². The van der Waals surface area contributed by atoms with Gasteiger partial charge in [-0.05, 0) is 36.2 Å². The number of aromatic nitrogens is 2. The van der Waals surface area contributed by atoms with Gasteiger partial charge in [-0.3, -0.25) is 9.78 Å². The van der Waals surface area contributed by atoms with Gasteiger partial charge in [0.05, 0.1) is 7.11 Å². The molecule has 0 saturated heterocycles. The van der Waals surface area contributed by atoms with E-state index in [1.165, 1.54) is 0 Å². The number of rotatable bonds is 7. The maximum absolute atomic E-state index is 12.5. The van der Waals surface area contributed by atoms with Crippen molar-refractivity contribution in [3.05, 3.63) is 71.4 Å². The summed E-state index contributed by atoms with van der Waals surface area (Å²) >= 11 is 0. The Bertz CT molecular complexity index is 909. The van der Waals surface area contributed by atoms with Crippen LogP contribution in [0, 0.1) is 6.92 Å². The fraction of sp³-hybridized carbons (Fsp3) is 0.250. The van der Waals surface area contributed by atoms with E-state index in [1.807, 2.05) is 37.3 Å². The van der Waals surface area contributed by atoms with E-state index in [9.17, 15) is 4.79 Å². The summed E-state index contributed by atoms with van der Waals surface area (Å²) < 4.78 is 16.3. The first-order valence-corrected chi connectivity index (χ1v) is 8.44. The highest BCUT2D eigenvalue weighted by atomic mass is 16.5. The summed E-state index contributed by atoms with van der Waals surface area (Å²) in [7, 11) is 3.29. The lowest BCUT2D eigenvalue weighted by Crippen LogP contribution is -2.26. The van der Waals surface area contributed by atoms with Crippen LogP contribution in [-0.4, -0.2) is 35.1 Å². The van der Waals surface area contributed by atoms with Crippen LogP contribution in [-0.2, 0) is 13.2 Å². The number of nitrogens with zero attached hydrogens (tertiary/aromatic N) is 3. The second-order valence-corrected chi connectivity index (χ2v) is 6.14. The molecule has 3 rings (SSSR count). The molecule has 0 aliphatic carbocycles. The molecule has 7 nitrogen and oxygen atoms in total. The number of carbonyl (C=O) groups excluding carboxylic acids is 1. The van der Waals surface area contributed by atoms with Crippen LogP contribution in [0.4, 0.5) is 0 Å². The van der Waals surface area contributed by atoms with E-state index >= 15 is 0 Å². The maximum Gasteiger partial charge on any atom is 0.276 e. The number of aryl methyl sites for hydroxylation is 1. The molecule has 1 amide bonds. The predicted octanol–water partition coefficient (Wildman–Crippen LogP) is 3.24. The largest absolute Gasteiger partial charge is 0.493 e. The molecular formula is C20H21N3O4. The molecule has 0 N–H and O–H groups in total. The highest BCUT2D eigenvalue weighted by Gasteiger charge is 2.18. The number of carbonyl (C=O) groups is 1. The van der Waals surface area contributed by atoms with Gasteiger partial charge in [-0.2, -0.15) is 0 Å². The average Bonchev–Trinajstić information content (AvgIpc) is 3.16. The molecule has 0 saturated carbocycles. The molecule has 3 aromatic rings. The Hall–Kier alpha value is -3.35. The highest BCUT2D eigenvalue weighted by molar-refractivity contribution is 5.92. The quantitative estimate of drug-likeness (QED) is 0.638. The van der Waals surface area contributed by atoms with Crippen molar-refractivity contribution in [1.82, 2.24) is 15.0 Å². The molecule has 0 aliphatic rings. The van der Waals surface area contributed by atoms with E-state index in [0.29, 0.717) is 23.8 Å². The van der Waals surface area contributed by atoms with Gasteiger partial charge in [-0.1, -0.05) is 17.3 Å². The first-order chi connectivity index (χ1) is 13.1. The van der Waals surface area contributed by atoms with Crippen molar-refractivity contribution < 1.29 is 18.8 Å². The highest BCUT2D eigenvalue weighted by Crippen LogP contribution is 2.28. The lowest BCUT2D eigenvalue weighted by Gasteiger charge is -2.15. The van der Waals surface area contributed by atoms with E-state index in [-0.39, 0.29) is 18.2 Å². The Labute approximate surface area is 157 Å². The molecule has 0 spiro atoms. The minimum Gasteiger partial charge on any atom is -0.493 e. The van der Waals surface area contributed by atoms with E-state index in [4.69, 9.17) is 14.0 Å². The van der Waals surface area contributed by atoms with E-state index in [1.54, 1.807) is 37.5 Å². The van der Waals surface area contributed by atoms with Gasteiger partial charge in [0.1, 0.15) is 6.61 Å². The number of benzene rings is 1. The molecule has 0 bridgehead atoms. The molecule has 27 heavy (non-hydrogen) atoms. The number of hydrogen-bond donors (Lipinski definition) is 0. The van der Waals surface area contributed by atoms with E-state index in [2.05, 4.69) is 10.1 Å².